The van der Waals surface area contributed by atoms with Crippen molar-refractivity contribution in [2.75, 3.05) is 6.54 Å². The topological polar surface area (TPSA) is 101 Å². The zero-order chi connectivity index (χ0) is 12.0. The summed E-state index contributed by atoms with van der Waals surface area (Å²) in [5.74, 6) is 0.219. The molecule has 4 N–H and O–H groups in total. The molecule has 1 rings (SSSR count). The summed E-state index contributed by atoms with van der Waals surface area (Å²) in [7, 11) is 0. The molecule has 0 bridgehead atoms. The average molecular weight is 223 g/mol. The summed E-state index contributed by atoms with van der Waals surface area (Å²) >= 11 is 0. The standard InChI is InChI=1S/C10H13N3O3/c11-10(7-13(15)16)12-5-4-8-2-1-3-9(14)6-8/h1-3,6-7,12,14H,4-5,11H2. The van der Waals surface area contributed by atoms with Crippen LogP contribution in [0.1, 0.15) is 5.56 Å². The second kappa shape index (κ2) is 5.59. The maximum atomic E-state index is 10.1. The monoisotopic (exact) mass is 223 g/mol. The molecule has 0 saturated carbocycles. The van der Waals surface area contributed by atoms with Crippen LogP contribution in [0.15, 0.2) is 36.3 Å². The van der Waals surface area contributed by atoms with Crippen molar-refractivity contribution in [3.8, 4) is 5.75 Å². The highest BCUT2D eigenvalue weighted by Crippen LogP contribution is 2.10. The van der Waals surface area contributed by atoms with Gasteiger partial charge in [-0.3, -0.25) is 10.1 Å². The van der Waals surface area contributed by atoms with Gasteiger partial charge in [0.2, 0.25) is 0 Å². The molecule has 1 aromatic rings. The van der Waals surface area contributed by atoms with Crippen LogP contribution in [0.25, 0.3) is 0 Å². The number of hydrogen-bond acceptors (Lipinski definition) is 5. The molecule has 0 spiro atoms. The molecule has 0 amide bonds. The molecule has 0 aliphatic rings. The number of phenols is 1. The first-order valence-electron chi connectivity index (χ1n) is 4.70. The third-order valence-corrected chi connectivity index (χ3v) is 1.90. The van der Waals surface area contributed by atoms with Gasteiger partial charge in [0, 0.05) is 6.54 Å². The van der Waals surface area contributed by atoms with Crippen LogP contribution in [0.5, 0.6) is 5.75 Å². The molecular weight excluding hydrogens is 210 g/mol. The Morgan fingerprint density at radius 3 is 3.00 bits per heavy atom. The molecule has 0 atom stereocenters. The predicted molar refractivity (Wildman–Crippen MR) is 59.1 cm³/mol. The minimum atomic E-state index is -0.614. The fourth-order valence-electron chi connectivity index (χ4n) is 1.22. The van der Waals surface area contributed by atoms with Crippen molar-refractivity contribution in [2.24, 2.45) is 5.73 Å². The Balaban J connectivity index is 2.39. The van der Waals surface area contributed by atoms with Gasteiger partial charge in [0.25, 0.3) is 6.20 Å². The van der Waals surface area contributed by atoms with Crippen LogP contribution in [-0.2, 0) is 6.42 Å². The van der Waals surface area contributed by atoms with E-state index in [0.29, 0.717) is 19.2 Å². The first-order valence-corrected chi connectivity index (χ1v) is 4.70. The van der Waals surface area contributed by atoms with E-state index in [0.717, 1.165) is 5.56 Å². The van der Waals surface area contributed by atoms with Crippen LogP contribution < -0.4 is 11.1 Å². The van der Waals surface area contributed by atoms with Crippen LogP contribution in [0.4, 0.5) is 0 Å². The van der Waals surface area contributed by atoms with Crippen LogP contribution in [0, 0.1) is 10.1 Å². The van der Waals surface area contributed by atoms with Crippen LogP contribution in [0.2, 0.25) is 0 Å². The van der Waals surface area contributed by atoms with Gasteiger partial charge in [0.05, 0.1) is 4.92 Å². The Bertz CT molecular complexity index is 404. The van der Waals surface area contributed by atoms with E-state index in [-0.39, 0.29) is 11.6 Å². The minimum absolute atomic E-state index is 0.0187. The summed E-state index contributed by atoms with van der Waals surface area (Å²) in [4.78, 5) is 9.45. The quantitative estimate of drug-likeness (QED) is 0.500. The van der Waals surface area contributed by atoms with E-state index in [1.807, 2.05) is 6.07 Å². The van der Waals surface area contributed by atoms with E-state index < -0.39 is 4.92 Å². The first-order chi connectivity index (χ1) is 7.58. The molecule has 6 heteroatoms. The lowest BCUT2D eigenvalue weighted by Gasteiger charge is -2.04. The van der Waals surface area contributed by atoms with Crippen molar-refractivity contribution in [3.05, 3.63) is 52.0 Å². The molecule has 0 heterocycles. The SMILES string of the molecule is NC(=C[N+](=O)[O-])NCCc1cccc(O)c1. The van der Waals surface area contributed by atoms with Gasteiger partial charge in [-0.2, -0.15) is 0 Å². The normalized spacial score (nSPS) is 11.1. The van der Waals surface area contributed by atoms with E-state index in [1.54, 1.807) is 18.2 Å². The molecule has 86 valence electrons. The van der Waals surface area contributed by atoms with Crippen LogP contribution in [-0.4, -0.2) is 16.6 Å². The number of rotatable bonds is 5. The Morgan fingerprint density at radius 1 is 1.62 bits per heavy atom. The molecule has 0 aliphatic carbocycles. The number of benzene rings is 1. The van der Waals surface area contributed by atoms with Crippen molar-refractivity contribution in [1.29, 1.82) is 0 Å². The highest BCUT2D eigenvalue weighted by molar-refractivity contribution is 5.27. The number of hydrogen-bond donors (Lipinski definition) is 3. The second-order valence-corrected chi connectivity index (χ2v) is 3.22. The maximum absolute atomic E-state index is 10.1. The van der Waals surface area contributed by atoms with Gasteiger partial charge >= 0.3 is 0 Å². The summed E-state index contributed by atoms with van der Waals surface area (Å²) in [6.07, 6.45) is 1.34. The van der Waals surface area contributed by atoms with Gasteiger partial charge in [0.15, 0.2) is 5.82 Å². The van der Waals surface area contributed by atoms with Gasteiger partial charge in [-0.15, -0.1) is 0 Å². The fraction of sp³-hybridized carbons (Fsp3) is 0.200. The molecule has 0 fully saturated rings. The highest BCUT2D eigenvalue weighted by Gasteiger charge is 1.97. The number of nitrogens with zero attached hydrogens (tertiary/aromatic N) is 1. The predicted octanol–water partition coefficient (Wildman–Crippen LogP) is 0.559. The zero-order valence-electron chi connectivity index (χ0n) is 8.59. The van der Waals surface area contributed by atoms with Gasteiger partial charge in [-0.1, -0.05) is 12.1 Å². The van der Waals surface area contributed by atoms with Crippen molar-refractivity contribution < 1.29 is 10.0 Å². The third kappa shape index (κ3) is 4.32. The number of aromatic hydroxyl groups is 1. The van der Waals surface area contributed by atoms with Crippen molar-refractivity contribution in [2.45, 2.75) is 6.42 Å². The largest absolute Gasteiger partial charge is 0.508 e. The average Bonchev–Trinajstić information content (AvgIpc) is 2.16. The summed E-state index contributed by atoms with van der Waals surface area (Å²) < 4.78 is 0. The Labute approximate surface area is 92.5 Å². The summed E-state index contributed by atoms with van der Waals surface area (Å²) in [6.45, 7) is 0.472. The summed E-state index contributed by atoms with van der Waals surface area (Å²) in [5.41, 5.74) is 6.26. The number of nitrogens with one attached hydrogen (secondary N) is 1. The molecular formula is C10H13N3O3. The summed E-state index contributed by atoms with van der Waals surface area (Å²) in [5, 5.41) is 22.0. The number of phenolic OH excluding ortho intramolecular Hbond substituents is 1. The molecule has 0 unspecified atom stereocenters. The molecule has 16 heavy (non-hydrogen) atoms. The van der Waals surface area contributed by atoms with Crippen LogP contribution >= 0.6 is 0 Å². The van der Waals surface area contributed by atoms with E-state index in [2.05, 4.69) is 5.32 Å². The minimum Gasteiger partial charge on any atom is -0.508 e. The maximum Gasteiger partial charge on any atom is 0.273 e. The van der Waals surface area contributed by atoms with E-state index in [4.69, 9.17) is 5.73 Å². The second-order valence-electron chi connectivity index (χ2n) is 3.22. The van der Waals surface area contributed by atoms with E-state index in [1.165, 1.54) is 0 Å². The molecule has 0 aromatic heterocycles. The smallest absolute Gasteiger partial charge is 0.273 e. The molecule has 1 aromatic carbocycles. The van der Waals surface area contributed by atoms with Gasteiger partial charge < -0.3 is 16.2 Å². The fourth-order valence-corrected chi connectivity index (χ4v) is 1.22. The lowest BCUT2D eigenvalue weighted by molar-refractivity contribution is -0.403. The first kappa shape index (κ1) is 11.8. The van der Waals surface area contributed by atoms with Crippen molar-refractivity contribution >= 4 is 0 Å². The lowest BCUT2D eigenvalue weighted by atomic mass is 10.1. The van der Waals surface area contributed by atoms with E-state index >= 15 is 0 Å². The Kier molecular flexibility index (Phi) is 4.14. The number of nitro groups is 1. The summed E-state index contributed by atoms with van der Waals surface area (Å²) in [6, 6.07) is 6.81. The van der Waals surface area contributed by atoms with Gasteiger partial charge in [0.1, 0.15) is 5.75 Å². The van der Waals surface area contributed by atoms with Crippen molar-refractivity contribution in [1.82, 2.24) is 5.32 Å². The third-order valence-electron chi connectivity index (χ3n) is 1.90. The van der Waals surface area contributed by atoms with E-state index in [9.17, 15) is 15.2 Å². The van der Waals surface area contributed by atoms with Gasteiger partial charge in [-0.05, 0) is 24.1 Å². The molecule has 0 saturated heterocycles. The Hall–Kier alpha value is -2.24. The van der Waals surface area contributed by atoms with Gasteiger partial charge in [-0.25, -0.2) is 0 Å². The number of nitrogens with two attached hydrogens (primary N) is 1. The lowest BCUT2D eigenvalue weighted by Crippen LogP contribution is -2.23. The highest BCUT2D eigenvalue weighted by atomic mass is 16.6. The molecule has 6 nitrogen and oxygen atoms in total. The zero-order valence-corrected chi connectivity index (χ0v) is 8.59. The van der Waals surface area contributed by atoms with Crippen molar-refractivity contribution in [3.63, 3.8) is 0 Å². The molecule has 0 radical (unpaired) electrons. The Morgan fingerprint density at radius 2 is 2.38 bits per heavy atom. The molecule has 0 aliphatic heterocycles. The van der Waals surface area contributed by atoms with Crippen LogP contribution in [0.3, 0.4) is 0 Å².